The topological polar surface area (TPSA) is 61.6 Å². The van der Waals surface area contributed by atoms with Crippen molar-refractivity contribution in [3.05, 3.63) is 47.1 Å². The Kier molecular flexibility index (Phi) is 2.99. The minimum absolute atomic E-state index is 0.333. The molecule has 0 atom stereocenters. The molecule has 0 aliphatic carbocycles. The van der Waals surface area contributed by atoms with Crippen LogP contribution < -0.4 is 5.32 Å². The van der Waals surface area contributed by atoms with Crippen molar-refractivity contribution in [1.82, 2.24) is 10.2 Å². The van der Waals surface area contributed by atoms with Crippen LogP contribution in [-0.4, -0.2) is 10.2 Å². The van der Waals surface area contributed by atoms with Gasteiger partial charge in [0.2, 0.25) is 0 Å². The molecule has 1 N–H and O–H groups in total. The summed E-state index contributed by atoms with van der Waals surface area (Å²) in [4.78, 5) is 0. The molecule has 5 heteroatoms. The molecule has 2 aromatic rings. The lowest BCUT2D eigenvalue weighted by molar-refractivity contribution is 1.04. The summed E-state index contributed by atoms with van der Waals surface area (Å²) in [6.07, 6.45) is 0. The van der Waals surface area contributed by atoms with Gasteiger partial charge in [0.15, 0.2) is 11.0 Å². The fraction of sp³-hybridized carbons (Fsp3) is 0. The average molecular weight is 231 g/mol. The Bertz CT molecular complexity index is 530. The van der Waals surface area contributed by atoms with Gasteiger partial charge in [-0.2, -0.15) is 5.26 Å². The van der Waals surface area contributed by atoms with Crippen LogP contribution in [0.1, 0.15) is 5.56 Å². The van der Waals surface area contributed by atoms with Crippen molar-refractivity contribution in [2.24, 2.45) is 0 Å². The van der Waals surface area contributed by atoms with Gasteiger partial charge in [-0.15, -0.1) is 10.2 Å². The zero-order chi connectivity index (χ0) is 11.4. The van der Waals surface area contributed by atoms with Gasteiger partial charge in [0, 0.05) is 0 Å². The van der Waals surface area contributed by atoms with Crippen LogP contribution in [0.2, 0.25) is 5.15 Å². The quantitative estimate of drug-likeness (QED) is 0.862. The first-order chi connectivity index (χ1) is 7.79. The normalized spacial score (nSPS) is 9.50. The van der Waals surface area contributed by atoms with Gasteiger partial charge >= 0.3 is 0 Å². The summed E-state index contributed by atoms with van der Waals surface area (Å²) in [5.74, 6) is 0.548. The van der Waals surface area contributed by atoms with Crippen molar-refractivity contribution in [1.29, 1.82) is 5.26 Å². The molecule has 1 aromatic heterocycles. The maximum absolute atomic E-state index is 8.89. The lowest BCUT2D eigenvalue weighted by Gasteiger charge is -2.05. The monoisotopic (exact) mass is 230 g/mol. The Labute approximate surface area is 97.5 Å². The van der Waals surface area contributed by atoms with E-state index in [2.05, 4.69) is 21.6 Å². The molecule has 1 aromatic carbocycles. The van der Waals surface area contributed by atoms with Gasteiger partial charge in [-0.3, -0.25) is 0 Å². The number of nitrogens with one attached hydrogen (secondary N) is 1. The maximum Gasteiger partial charge on any atom is 0.153 e. The molecule has 16 heavy (non-hydrogen) atoms. The zero-order valence-corrected chi connectivity index (χ0v) is 8.94. The standard InChI is InChI=1S/C11H7ClN4/c12-10-5-6-11(16-15-10)14-9-4-2-1-3-8(9)7-13/h1-6H,(H,14,16). The van der Waals surface area contributed by atoms with E-state index in [-0.39, 0.29) is 0 Å². The third-order valence-corrected chi connectivity index (χ3v) is 2.14. The molecule has 0 fully saturated rings. The number of hydrogen-bond acceptors (Lipinski definition) is 4. The molecular formula is C11H7ClN4. The summed E-state index contributed by atoms with van der Waals surface area (Å²) in [7, 11) is 0. The molecule has 0 bridgehead atoms. The SMILES string of the molecule is N#Cc1ccccc1Nc1ccc(Cl)nn1. The molecule has 0 aliphatic heterocycles. The predicted octanol–water partition coefficient (Wildman–Crippen LogP) is 2.75. The van der Waals surface area contributed by atoms with Crippen molar-refractivity contribution < 1.29 is 0 Å². The van der Waals surface area contributed by atoms with E-state index in [9.17, 15) is 0 Å². The molecule has 78 valence electrons. The van der Waals surface area contributed by atoms with Crippen LogP contribution in [0.4, 0.5) is 11.5 Å². The largest absolute Gasteiger partial charge is 0.338 e. The summed E-state index contributed by atoms with van der Waals surface area (Å²) in [6.45, 7) is 0. The Morgan fingerprint density at radius 2 is 1.94 bits per heavy atom. The molecule has 0 spiro atoms. The zero-order valence-electron chi connectivity index (χ0n) is 8.18. The van der Waals surface area contributed by atoms with Crippen molar-refractivity contribution in [3.8, 4) is 6.07 Å². The second-order valence-corrected chi connectivity index (χ2v) is 3.41. The van der Waals surface area contributed by atoms with Crippen molar-refractivity contribution in [2.45, 2.75) is 0 Å². The van der Waals surface area contributed by atoms with Gasteiger partial charge in [-0.25, -0.2) is 0 Å². The van der Waals surface area contributed by atoms with Crippen LogP contribution in [0.15, 0.2) is 36.4 Å². The second-order valence-electron chi connectivity index (χ2n) is 3.02. The Morgan fingerprint density at radius 3 is 2.62 bits per heavy atom. The van der Waals surface area contributed by atoms with E-state index in [0.717, 1.165) is 0 Å². The van der Waals surface area contributed by atoms with Crippen LogP contribution in [0.25, 0.3) is 0 Å². The highest BCUT2D eigenvalue weighted by Gasteiger charge is 2.01. The number of halogens is 1. The minimum atomic E-state index is 0.333. The van der Waals surface area contributed by atoms with E-state index in [1.165, 1.54) is 0 Å². The van der Waals surface area contributed by atoms with E-state index in [1.54, 1.807) is 30.3 Å². The summed E-state index contributed by atoms with van der Waals surface area (Å²) in [6, 6.07) is 12.6. The lowest BCUT2D eigenvalue weighted by atomic mass is 10.2. The van der Waals surface area contributed by atoms with Gasteiger partial charge < -0.3 is 5.32 Å². The molecule has 0 unspecified atom stereocenters. The first-order valence-electron chi connectivity index (χ1n) is 4.55. The molecule has 0 radical (unpaired) electrons. The van der Waals surface area contributed by atoms with Crippen LogP contribution in [0.5, 0.6) is 0 Å². The first kappa shape index (κ1) is 10.4. The predicted molar refractivity (Wildman–Crippen MR) is 61.5 cm³/mol. The van der Waals surface area contributed by atoms with Gasteiger partial charge in [0.05, 0.1) is 11.3 Å². The van der Waals surface area contributed by atoms with Gasteiger partial charge in [0.25, 0.3) is 0 Å². The number of nitriles is 1. The fourth-order valence-electron chi connectivity index (χ4n) is 1.21. The summed E-state index contributed by atoms with van der Waals surface area (Å²) in [5.41, 5.74) is 1.25. The molecule has 2 rings (SSSR count). The van der Waals surface area contributed by atoms with E-state index >= 15 is 0 Å². The van der Waals surface area contributed by atoms with Crippen LogP contribution in [0.3, 0.4) is 0 Å². The van der Waals surface area contributed by atoms with Crippen LogP contribution >= 0.6 is 11.6 Å². The van der Waals surface area contributed by atoms with Gasteiger partial charge in [-0.1, -0.05) is 23.7 Å². The van der Waals surface area contributed by atoms with Crippen molar-refractivity contribution in [2.75, 3.05) is 5.32 Å². The number of para-hydroxylation sites is 1. The Balaban J connectivity index is 2.27. The number of rotatable bonds is 2. The molecule has 0 aliphatic rings. The molecule has 1 heterocycles. The number of aromatic nitrogens is 2. The molecule has 0 amide bonds. The summed E-state index contributed by atoms with van der Waals surface area (Å²) >= 11 is 5.62. The molecule has 0 saturated carbocycles. The van der Waals surface area contributed by atoms with Crippen molar-refractivity contribution >= 4 is 23.1 Å². The highest BCUT2D eigenvalue weighted by Crippen LogP contribution is 2.18. The smallest absolute Gasteiger partial charge is 0.153 e. The first-order valence-corrected chi connectivity index (χ1v) is 4.93. The summed E-state index contributed by atoms with van der Waals surface area (Å²) < 4.78 is 0. The van der Waals surface area contributed by atoms with Gasteiger partial charge in [0.1, 0.15) is 6.07 Å². The lowest BCUT2D eigenvalue weighted by Crippen LogP contribution is -1.96. The number of anilines is 2. The molecule has 4 nitrogen and oxygen atoms in total. The Morgan fingerprint density at radius 1 is 1.12 bits per heavy atom. The molecular weight excluding hydrogens is 224 g/mol. The van der Waals surface area contributed by atoms with E-state index in [4.69, 9.17) is 16.9 Å². The summed E-state index contributed by atoms with van der Waals surface area (Å²) in [5, 5.41) is 19.8. The van der Waals surface area contributed by atoms with Crippen LogP contribution in [-0.2, 0) is 0 Å². The van der Waals surface area contributed by atoms with Crippen LogP contribution in [0, 0.1) is 11.3 Å². The van der Waals surface area contributed by atoms with E-state index in [1.807, 2.05) is 6.07 Å². The average Bonchev–Trinajstić information content (AvgIpc) is 2.33. The minimum Gasteiger partial charge on any atom is -0.338 e. The number of nitrogens with zero attached hydrogens (tertiary/aromatic N) is 3. The third kappa shape index (κ3) is 2.27. The van der Waals surface area contributed by atoms with Gasteiger partial charge in [-0.05, 0) is 24.3 Å². The van der Waals surface area contributed by atoms with E-state index in [0.29, 0.717) is 22.2 Å². The Hall–Kier alpha value is -2.12. The third-order valence-electron chi connectivity index (χ3n) is 1.94. The number of hydrogen-bond donors (Lipinski definition) is 1. The highest BCUT2D eigenvalue weighted by atomic mass is 35.5. The molecule has 0 saturated heterocycles. The second kappa shape index (κ2) is 4.60. The van der Waals surface area contributed by atoms with Crippen molar-refractivity contribution in [3.63, 3.8) is 0 Å². The fourth-order valence-corrected chi connectivity index (χ4v) is 1.31. The number of benzene rings is 1. The van der Waals surface area contributed by atoms with E-state index < -0.39 is 0 Å². The highest BCUT2D eigenvalue weighted by molar-refractivity contribution is 6.29. The maximum atomic E-state index is 8.89.